The lowest BCUT2D eigenvalue weighted by Crippen LogP contribution is -2.27. The van der Waals surface area contributed by atoms with E-state index in [1.165, 1.54) is 11.1 Å². The molecule has 0 bridgehead atoms. The van der Waals surface area contributed by atoms with Gasteiger partial charge in [0.25, 0.3) is 0 Å². The van der Waals surface area contributed by atoms with Crippen LogP contribution in [0, 0.1) is 6.92 Å². The van der Waals surface area contributed by atoms with Crippen LogP contribution in [0.2, 0.25) is 0 Å². The first kappa shape index (κ1) is 14.0. The van der Waals surface area contributed by atoms with E-state index in [2.05, 4.69) is 53.0 Å². The minimum absolute atomic E-state index is 0.114. The van der Waals surface area contributed by atoms with Gasteiger partial charge in [-0.25, -0.2) is 9.97 Å². The molecule has 0 radical (unpaired) electrons. The number of aryl methyl sites for hydroxylation is 1. The maximum Gasteiger partial charge on any atom is 0.156 e. The minimum Gasteiger partial charge on any atom is -0.388 e. The maximum atomic E-state index is 9.18. The van der Waals surface area contributed by atoms with Crippen molar-refractivity contribution in [1.29, 1.82) is 0 Å². The second-order valence-corrected chi connectivity index (χ2v) is 5.83. The lowest BCUT2D eigenvalue weighted by atomic mass is 9.96. The van der Waals surface area contributed by atoms with Crippen molar-refractivity contribution in [3.05, 3.63) is 53.5 Å². The predicted molar refractivity (Wildman–Crippen MR) is 83.3 cm³/mol. The summed E-state index contributed by atoms with van der Waals surface area (Å²) in [6, 6.07) is 11.2. The molecule has 0 aliphatic carbocycles. The molecule has 1 aliphatic rings. The molecule has 2 atom stereocenters. The van der Waals surface area contributed by atoms with Gasteiger partial charge in [0, 0.05) is 24.7 Å². The standard InChI is InChI=1S/C17H21N3O/c1-12-3-5-14(6-4-12)15-9-13(2)20(10-15)17-7-8-18-16(11-21)19-17/h3-8,13,15,21H,9-11H2,1-2H3. The van der Waals surface area contributed by atoms with Crippen LogP contribution >= 0.6 is 0 Å². The van der Waals surface area contributed by atoms with Gasteiger partial charge in [-0.3, -0.25) is 0 Å². The van der Waals surface area contributed by atoms with Crippen molar-refractivity contribution in [3.8, 4) is 0 Å². The van der Waals surface area contributed by atoms with Gasteiger partial charge in [0.15, 0.2) is 5.82 Å². The summed E-state index contributed by atoms with van der Waals surface area (Å²) in [5, 5.41) is 9.18. The van der Waals surface area contributed by atoms with Crippen LogP contribution in [0.4, 0.5) is 5.82 Å². The normalized spacial score (nSPS) is 21.8. The van der Waals surface area contributed by atoms with E-state index in [4.69, 9.17) is 0 Å². The Bertz CT molecular complexity index is 612. The van der Waals surface area contributed by atoms with E-state index in [9.17, 15) is 5.11 Å². The molecule has 21 heavy (non-hydrogen) atoms. The quantitative estimate of drug-likeness (QED) is 0.941. The third kappa shape index (κ3) is 2.90. The van der Waals surface area contributed by atoms with Crippen molar-refractivity contribution < 1.29 is 5.11 Å². The van der Waals surface area contributed by atoms with E-state index in [-0.39, 0.29) is 6.61 Å². The zero-order chi connectivity index (χ0) is 14.8. The van der Waals surface area contributed by atoms with Crippen LogP contribution in [0.15, 0.2) is 36.5 Å². The molecule has 2 heterocycles. The third-order valence-corrected chi connectivity index (χ3v) is 4.25. The fourth-order valence-electron chi connectivity index (χ4n) is 3.05. The van der Waals surface area contributed by atoms with Gasteiger partial charge in [-0.15, -0.1) is 0 Å². The Morgan fingerprint density at radius 3 is 2.71 bits per heavy atom. The number of aliphatic hydroxyl groups excluding tert-OH is 1. The average Bonchev–Trinajstić information content (AvgIpc) is 2.90. The van der Waals surface area contributed by atoms with E-state index in [0.29, 0.717) is 17.8 Å². The lowest BCUT2D eigenvalue weighted by molar-refractivity contribution is 0.271. The molecular formula is C17H21N3O. The van der Waals surface area contributed by atoms with Crippen molar-refractivity contribution in [1.82, 2.24) is 9.97 Å². The Hall–Kier alpha value is -1.94. The first-order valence-electron chi connectivity index (χ1n) is 7.43. The van der Waals surface area contributed by atoms with E-state index in [0.717, 1.165) is 18.8 Å². The van der Waals surface area contributed by atoms with Crippen molar-refractivity contribution in [2.24, 2.45) is 0 Å². The highest BCUT2D eigenvalue weighted by Crippen LogP contribution is 2.34. The summed E-state index contributed by atoms with van der Waals surface area (Å²) < 4.78 is 0. The summed E-state index contributed by atoms with van der Waals surface area (Å²) >= 11 is 0. The van der Waals surface area contributed by atoms with Crippen LogP contribution in [0.3, 0.4) is 0 Å². The molecule has 1 aromatic heterocycles. The number of aliphatic hydroxyl groups is 1. The second-order valence-electron chi connectivity index (χ2n) is 5.83. The molecule has 1 fully saturated rings. The number of aromatic nitrogens is 2. The zero-order valence-electron chi connectivity index (χ0n) is 12.5. The van der Waals surface area contributed by atoms with Crippen molar-refractivity contribution in [3.63, 3.8) is 0 Å². The van der Waals surface area contributed by atoms with Gasteiger partial charge in [-0.05, 0) is 31.9 Å². The molecule has 0 spiro atoms. The van der Waals surface area contributed by atoms with Crippen LogP contribution in [0.1, 0.15) is 36.2 Å². The maximum absolute atomic E-state index is 9.18. The molecular weight excluding hydrogens is 262 g/mol. The van der Waals surface area contributed by atoms with Gasteiger partial charge >= 0.3 is 0 Å². The Kier molecular flexibility index (Phi) is 3.88. The van der Waals surface area contributed by atoms with Gasteiger partial charge < -0.3 is 10.0 Å². The summed E-state index contributed by atoms with van der Waals surface area (Å²) in [6.45, 7) is 5.20. The number of benzene rings is 1. The molecule has 0 amide bonds. The first-order valence-corrected chi connectivity index (χ1v) is 7.43. The van der Waals surface area contributed by atoms with E-state index >= 15 is 0 Å². The average molecular weight is 283 g/mol. The molecule has 1 saturated heterocycles. The van der Waals surface area contributed by atoms with E-state index < -0.39 is 0 Å². The lowest BCUT2D eigenvalue weighted by Gasteiger charge is -2.22. The zero-order valence-corrected chi connectivity index (χ0v) is 12.5. The largest absolute Gasteiger partial charge is 0.388 e. The van der Waals surface area contributed by atoms with Crippen molar-refractivity contribution in [2.45, 2.75) is 38.8 Å². The van der Waals surface area contributed by atoms with Crippen molar-refractivity contribution in [2.75, 3.05) is 11.4 Å². The highest BCUT2D eigenvalue weighted by molar-refractivity contribution is 5.43. The molecule has 3 rings (SSSR count). The summed E-state index contributed by atoms with van der Waals surface area (Å²) in [6.07, 6.45) is 2.85. The second kappa shape index (κ2) is 5.82. The number of nitrogens with zero attached hydrogens (tertiary/aromatic N) is 3. The Labute approximate surface area is 125 Å². The fourth-order valence-corrected chi connectivity index (χ4v) is 3.05. The van der Waals surface area contributed by atoms with E-state index in [1.54, 1.807) is 6.20 Å². The molecule has 1 aromatic carbocycles. The van der Waals surface area contributed by atoms with Crippen LogP contribution in [0.5, 0.6) is 0 Å². The van der Waals surface area contributed by atoms with Crippen LogP contribution in [-0.2, 0) is 6.61 Å². The number of hydrogen-bond donors (Lipinski definition) is 1. The summed E-state index contributed by atoms with van der Waals surface area (Å²) in [5.74, 6) is 1.93. The van der Waals surface area contributed by atoms with Crippen LogP contribution < -0.4 is 4.90 Å². The van der Waals surface area contributed by atoms with Crippen LogP contribution in [0.25, 0.3) is 0 Å². The predicted octanol–water partition coefficient (Wildman–Crippen LogP) is 2.66. The Morgan fingerprint density at radius 2 is 2.00 bits per heavy atom. The molecule has 1 aliphatic heterocycles. The van der Waals surface area contributed by atoms with Gasteiger partial charge in [0.2, 0.25) is 0 Å². The van der Waals surface area contributed by atoms with Gasteiger partial charge in [0.1, 0.15) is 12.4 Å². The Morgan fingerprint density at radius 1 is 1.24 bits per heavy atom. The van der Waals surface area contributed by atoms with Gasteiger partial charge in [-0.2, -0.15) is 0 Å². The van der Waals surface area contributed by atoms with Crippen molar-refractivity contribution >= 4 is 5.82 Å². The number of hydrogen-bond acceptors (Lipinski definition) is 4. The summed E-state index contributed by atoms with van der Waals surface area (Å²) in [5.41, 5.74) is 2.69. The molecule has 1 N–H and O–H groups in total. The molecule has 4 heteroatoms. The molecule has 4 nitrogen and oxygen atoms in total. The van der Waals surface area contributed by atoms with Crippen LogP contribution in [-0.4, -0.2) is 27.7 Å². The van der Waals surface area contributed by atoms with E-state index in [1.807, 2.05) is 6.07 Å². The Balaban J connectivity index is 1.80. The monoisotopic (exact) mass is 283 g/mol. The van der Waals surface area contributed by atoms with Gasteiger partial charge in [0.05, 0.1) is 0 Å². The molecule has 110 valence electrons. The molecule has 2 unspecified atom stereocenters. The first-order chi connectivity index (χ1) is 10.2. The minimum atomic E-state index is -0.114. The highest BCUT2D eigenvalue weighted by atomic mass is 16.3. The number of anilines is 1. The summed E-state index contributed by atoms with van der Waals surface area (Å²) in [7, 11) is 0. The topological polar surface area (TPSA) is 49.2 Å². The number of rotatable bonds is 3. The molecule has 0 saturated carbocycles. The third-order valence-electron chi connectivity index (χ3n) is 4.25. The van der Waals surface area contributed by atoms with Gasteiger partial charge in [-0.1, -0.05) is 29.8 Å². The smallest absolute Gasteiger partial charge is 0.156 e. The highest BCUT2D eigenvalue weighted by Gasteiger charge is 2.30. The SMILES string of the molecule is Cc1ccc(C2CC(C)N(c3ccnc(CO)n3)C2)cc1. The fraction of sp³-hybridized carbons (Fsp3) is 0.412. The molecule has 2 aromatic rings. The summed E-state index contributed by atoms with van der Waals surface area (Å²) in [4.78, 5) is 10.8.